The number of carbonyl (C=O) groups is 3. The number of anilines is 2. The molecule has 236 valence electrons. The van der Waals surface area contributed by atoms with Gasteiger partial charge < -0.3 is 25.4 Å². The first-order chi connectivity index (χ1) is 22.9. The molecule has 5 aromatic rings. The second kappa shape index (κ2) is 16.0. The number of benzene rings is 5. The normalized spacial score (nSPS) is 11.6. The number of rotatable bonds is 12. The average Bonchev–Trinajstić information content (AvgIpc) is 3.11. The summed E-state index contributed by atoms with van der Waals surface area (Å²) >= 11 is 1.36. The molecule has 47 heavy (non-hydrogen) atoms. The fourth-order valence-electron chi connectivity index (χ4n) is 4.74. The van der Waals surface area contributed by atoms with Gasteiger partial charge >= 0.3 is 0 Å². The predicted molar refractivity (Wildman–Crippen MR) is 187 cm³/mol. The summed E-state index contributed by atoms with van der Waals surface area (Å²) in [5.41, 5.74) is 2.93. The number of hydrogen-bond acceptors (Lipinski definition) is 6. The van der Waals surface area contributed by atoms with Gasteiger partial charge in [0.25, 0.3) is 11.8 Å². The highest BCUT2D eigenvalue weighted by Crippen LogP contribution is 2.37. The van der Waals surface area contributed by atoms with E-state index in [0.29, 0.717) is 34.0 Å². The Bertz CT molecular complexity index is 1870. The van der Waals surface area contributed by atoms with Crippen molar-refractivity contribution in [2.75, 3.05) is 24.9 Å². The van der Waals surface area contributed by atoms with Crippen LogP contribution < -0.4 is 25.4 Å². The molecule has 3 amide bonds. The van der Waals surface area contributed by atoms with Crippen LogP contribution in [0.1, 0.15) is 26.7 Å². The maximum Gasteiger partial charge on any atom is 0.272 e. The Hall–Kier alpha value is -5.80. The summed E-state index contributed by atoms with van der Waals surface area (Å²) in [5, 5.41) is 8.08. The van der Waals surface area contributed by atoms with Gasteiger partial charge in [0.2, 0.25) is 5.91 Å². The molecule has 0 bridgehead atoms. The number of ether oxygens (including phenoxy) is 2. The van der Waals surface area contributed by atoms with Gasteiger partial charge in [0.15, 0.2) is 11.5 Å². The van der Waals surface area contributed by atoms with Gasteiger partial charge in [-0.15, -0.1) is 11.8 Å². The quantitative estimate of drug-likeness (QED) is 0.0956. The Morgan fingerprint density at radius 3 is 2.00 bits per heavy atom. The molecule has 0 radical (unpaired) electrons. The molecule has 0 aromatic heterocycles. The Labute approximate surface area is 277 Å². The van der Waals surface area contributed by atoms with Crippen molar-refractivity contribution in [3.05, 3.63) is 156 Å². The largest absolute Gasteiger partial charge is 0.493 e. The van der Waals surface area contributed by atoms with Crippen molar-refractivity contribution in [1.82, 2.24) is 5.32 Å². The highest BCUT2D eigenvalue weighted by atomic mass is 32.2. The molecule has 1 unspecified atom stereocenters. The SMILES string of the molecule is COc1cccc(/C=C(/NC(=O)c2ccccc2)C(=O)Nc2cccc(SC(C(=O)Nc3ccccc3)c3ccccc3)c2)c1OC. The van der Waals surface area contributed by atoms with E-state index in [0.717, 1.165) is 10.5 Å². The zero-order chi connectivity index (χ0) is 33.0. The lowest BCUT2D eigenvalue weighted by Gasteiger charge is -2.18. The van der Waals surface area contributed by atoms with Crippen molar-refractivity contribution in [3.8, 4) is 11.5 Å². The maximum atomic E-state index is 13.8. The minimum absolute atomic E-state index is 0.00661. The molecule has 5 rings (SSSR count). The van der Waals surface area contributed by atoms with Crippen LogP contribution in [0.15, 0.2) is 144 Å². The number of amides is 3. The van der Waals surface area contributed by atoms with E-state index in [-0.39, 0.29) is 11.6 Å². The van der Waals surface area contributed by atoms with Gasteiger partial charge in [-0.1, -0.05) is 84.9 Å². The van der Waals surface area contributed by atoms with Gasteiger partial charge in [-0.25, -0.2) is 0 Å². The third-order valence-corrected chi connectivity index (χ3v) is 8.24. The molecule has 0 aliphatic heterocycles. The molecule has 3 N–H and O–H groups in total. The summed E-state index contributed by atoms with van der Waals surface area (Å²) in [6.45, 7) is 0. The molecule has 0 saturated heterocycles. The molecule has 1 atom stereocenters. The van der Waals surface area contributed by atoms with Crippen LogP contribution in [-0.4, -0.2) is 31.9 Å². The monoisotopic (exact) mass is 643 g/mol. The first kappa shape index (κ1) is 32.6. The molecule has 0 saturated carbocycles. The minimum Gasteiger partial charge on any atom is -0.493 e. The van der Waals surface area contributed by atoms with Gasteiger partial charge in [-0.2, -0.15) is 0 Å². The number of nitrogens with one attached hydrogen (secondary N) is 3. The molecule has 5 aromatic carbocycles. The topological polar surface area (TPSA) is 106 Å². The van der Waals surface area contributed by atoms with Crippen molar-refractivity contribution in [3.63, 3.8) is 0 Å². The van der Waals surface area contributed by atoms with Crippen molar-refractivity contribution in [2.45, 2.75) is 10.1 Å². The van der Waals surface area contributed by atoms with Gasteiger partial charge in [-0.05, 0) is 60.2 Å². The summed E-state index contributed by atoms with van der Waals surface area (Å²) in [6, 6.07) is 39.9. The van der Waals surface area contributed by atoms with Crippen LogP contribution >= 0.6 is 11.8 Å². The second-order valence-corrected chi connectivity index (χ2v) is 11.4. The van der Waals surface area contributed by atoms with Crippen LogP contribution in [0.3, 0.4) is 0 Å². The number of hydrogen-bond donors (Lipinski definition) is 3. The zero-order valence-electron chi connectivity index (χ0n) is 25.8. The number of carbonyl (C=O) groups excluding carboxylic acids is 3. The van der Waals surface area contributed by atoms with Crippen molar-refractivity contribution >= 4 is 46.9 Å². The van der Waals surface area contributed by atoms with Gasteiger partial charge in [0, 0.05) is 27.4 Å². The number of thioether (sulfide) groups is 1. The Balaban J connectivity index is 1.41. The standard InChI is InChI=1S/C38H33N3O5S/c1-45-33-23-12-18-28(34(33)46-2)24-32(41-36(42)27-16-8-4-9-17-27)37(43)40-30-21-13-22-31(25-30)47-35(26-14-6-3-7-15-26)38(44)39-29-19-10-5-11-20-29/h3-25,35H,1-2H3,(H,39,44)(H,40,43)(H,41,42)/b32-24+. The van der Waals surface area contributed by atoms with Crippen LogP contribution in [0.25, 0.3) is 6.08 Å². The van der Waals surface area contributed by atoms with Crippen molar-refractivity contribution in [1.29, 1.82) is 0 Å². The summed E-state index contributed by atoms with van der Waals surface area (Å²) in [4.78, 5) is 41.2. The summed E-state index contributed by atoms with van der Waals surface area (Å²) in [6.07, 6.45) is 1.54. The highest BCUT2D eigenvalue weighted by Gasteiger charge is 2.23. The molecule has 0 spiro atoms. The fraction of sp³-hybridized carbons (Fsp3) is 0.0789. The van der Waals surface area contributed by atoms with E-state index in [4.69, 9.17) is 9.47 Å². The Morgan fingerprint density at radius 2 is 1.32 bits per heavy atom. The first-order valence-electron chi connectivity index (χ1n) is 14.7. The minimum atomic E-state index is -0.566. The summed E-state index contributed by atoms with van der Waals surface area (Å²) in [5.74, 6) is -0.295. The van der Waals surface area contributed by atoms with E-state index >= 15 is 0 Å². The van der Waals surface area contributed by atoms with E-state index in [1.165, 1.54) is 32.1 Å². The van der Waals surface area contributed by atoms with Crippen LogP contribution in [-0.2, 0) is 9.59 Å². The molecule has 9 heteroatoms. The lowest BCUT2D eigenvalue weighted by atomic mass is 10.1. The third kappa shape index (κ3) is 8.68. The smallest absolute Gasteiger partial charge is 0.272 e. The van der Waals surface area contributed by atoms with E-state index in [1.54, 1.807) is 66.7 Å². The molecule has 0 aliphatic carbocycles. The average molecular weight is 644 g/mol. The fourth-order valence-corrected chi connectivity index (χ4v) is 5.82. The molecule has 8 nitrogen and oxygen atoms in total. The lowest BCUT2D eigenvalue weighted by Crippen LogP contribution is -2.30. The van der Waals surface area contributed by atoms with Crippen LogP contribution in [0.5, 0.6) is 11.5 Å². The van der Waals surface area contributed by atoms with E-state index in [1.807, 2.05) is 66.7 Å². The van der Waals surface area contributed by atoms with Crippen molar-refractivity contribution < 1.29 is 23.9 Å². The molecular weight excluding hydrogens is 611 g/mol. The summed E-state index contributed by atoms with van der Waals surface area (Å²) < 4.78 is 11.0. The van der Waals surface area contributed by atoms with Gasteiger partial charge in [-0.3, -0.25) is 14.4 Å². The Kier molecular flexibility index (Phi) is 11.1. The Morgan fingerprint density at radius 1 is 0.681 bits per heavy atom. The van der Waals surface area contributed by atoms with Gasteiger partial charge in [0.05, 0.1) is 14.2 Å². The van der Waals surface area contributed by atoms with E-state index in [2.05, 4.69) is 16.0 Å². The molecule has 0 heterocycles. The van der Waals surface area contributed by atoms with Gasteiger partial charge in [0.1, 0.15) is 10.9 Å². The lowest BCUT2D eigenvalue weighted by molar-refractivity contribution is -0.116. The maximum absolute atomic E-state index is 13.8. The van der Waals surface area contributed by atoms with E-state index < -0.39 is 17.1 Å². The third-order valence-electron chi connectivity index (χ3n) is 6.99. The first-order valence-corrected chi connectivity index (χ1v) is 15.6. The highest BCUT2D eigenvalue weighted by molar-refractivity contribution is 8.00. The number of methoxy groups -OCH3 is 2. The van der Waals surface area contributed by atoms with Crippen LogP contribution in [0, 0.1) is 0 Å². The molecule has 0 aliphatic rings. The molecular formula is C38H33N3O5S. The van der Waals surface area contributed by atoms with Crippen LogP contribution in [0.4, 0.5) is 11.4 Å². The number of para-hydroxylation sites is 2. The summed E-state index contributed by atoms with van der Waals surface area (Å²) in [7, 11) is 3.03. The van der Waals surface area contributed by atoms with Crippen molar-refractivity contribution in [2.24, 2.45) is 0 Å². The van der Waals surface area contributed by atoms with Crippen LogP contribution in [0.2, 0.25) is 0 Å². The second-order valence-electron chi connectivity index (χ2n) is 10.2. The predicted octanol–water partition coefficient (Wildman–Crippen LogP) is 7.59. The van der Waals surface area contributed by atoms with E-state index in [9.17, 15) is 14.4 Å². The zero-order valence-corrected chi connectivity index (χ0v) is 26.6. The molecule has 0 fully saturated rings.